The predicted molar refractivity (Wildman–Crippen MR) is 166 cm³/mol. The van der Waals surface area contributed by atoms with Crippen molar-refractivity contribution in [3.05, 3.63) is 60.2 Å². The van der Waals surface area contributed by atoms with Crippen LogP contribution in [0.4, 0.5) is 4.79 Å². The lowest BCUT2D eigenvalue weighted by atomic mass is 10.1. The molecule has 0 aliphatic carbocycles. The second-order valence-corrected chi connectivity index (χ2v) is 11.3. The minimum atomic E-state index is -1.11. The van der Waals surface area contributed by atoms with Crippen LogP contribution in [0.2, 0.25) is 0 Å². The fraction of sp³-hybridized carbons (Fsp3) is 0.424. The number of hydrogen-bond acceptors (Lipinski definition) is 7. The van der Waals surface area contributed by atoms with Gasteiger partial charge in [-0.3, -0.25) is 4.79 Å². The van der Waals surface area contributed by atoms with Crippen LogP contribution < -0.4 is 14.8 Å². The topological polar surface area (TPSA) is 134 Å². The van der Waals surface area contributed by atoms with E-state index in [1.54, 1.807) is 19.1 Å². The van der Waals surface area contributed by atoms with E-state index < -0.39 is 30.1 Å². The van der Waals surface area contributed by atoms with Gasteiger partial charge in [0.05, 0.1) is 24.6 Å². The van der Waals surface area contributed by atoms with E-state index in [0.29, 0.717) is 41.3 Å². The van der Waals surface area contributed by atoms with Crippen LogP contribution in [0.25, 0.3) is 22.3 Å². The summed E-state index contributed by atoms with van der Waals surface area (Å²) in [5.74, 6) is -0.125. The number of carbonyl (C=O) groups is 3. The van der Waals surface area contributed by atoms with Gasteiger partial charge in [0.2, 0.25) is 11.8 Å². The monoisotopic (exact) mass is 601 g/mol. The van der Waals surface area contributed by atoms with Crippen LogP contribution in [0.5, 0.6) is 11.6 Å². The maximum absolute atomic E-state index is 13.6. The molecule has 44 heavy (non-hydrogen) atoms. The van der Waals surface area contributed by atoms with Crippen LogP contribution in [-0.2, 0) is 9.59 Å². The molecule has 1 saturated heterocycles. The summed E-state index contributed by atoms with van der Waals surface area (Å²) in [6.45, 7) is 2.60. The summed E-state index contributed by atoms with van der Waals surface area (Å²) in [5, 5.41) is 13.2. The van der Waals surface area contributed by atoms with Crippen molar-refractivity contribution in [1.82, 2.24) is 25.1 Å². The minimum Gasteiger partial charge on any atom is -0.496 e. The zero-order valence-corrected chi connectivity index (χ0v) is 25.4. The Balaban J connectivity index is 1.48. The molecule has 2 aliphatic rings. The largest absolute Gasteiger partial charge is 0.496 e. The van der Waals surface area contributed by atoms with Crippen molar-refractivity contribution in [1.29, 1.82) is 0 Å². The van der Waals surface area contributed by atoms with Crippen LogP contribution in [0, 0.1) is 6.92 Å². The third-order valence-corrected chi connectivity index (χ3v) is 8.22. The van der Waals surface area contributed by atoms with Gasteiger partial charge in [0.25, 0.3) is 0 Å². The van der Waals surface area contributed by atoms with Gasteiger partial charge in [0.15, 0.2) is 5.82 Å². The van der Waals surface area contributed by atoms with Crippen molar-refractivity contribution in [2.75, 3.05) is 27.2 Å². The molecule has 11 nitrogen and oxygen atoms in total. The first-order valence-corrected chi connectivity index (χ1v) is 15.0. The lowest BCUT2D eigenvalue weighted by Crippen LogP contribution is -2.53. The highest BCUT2D eigenvalue weighted by Crippen LogP contribution is 2.34. The lowest BCUT2D eigenvalue weighted by Gasteiger charge is -2.29. The van der Waals surface area contributed by atoms with Crippen molar-refractivity contribution in [3.63, 3.8) is 0 Å². The fourth-order valence-corrected chi connectivity index (χ4v) is 5.76. The summed E-state index contributed by atoms with van der Waals surface area (Å²) in [7, 11) is 3.33. The highest BCUT2D eigenvalue weighted by Gasteiger charge is 2.43. The van der Waals surface area contributed by atoms with E-state index in [1.807, 2.05) is 61.5 Å². The molecule has 0 bridgehead atoms. The standard InChI is InChI=1S/C33H39N5O6/c1-21-27(43-3)17-16-24-28(21)35-29(22-13-9-8-10-14-22)36-31(24)44-23-19-26-30(39)34-25(32(40)41)15-11-6-4-5-7-12-18-37(2)33(42)38(26)20-23/h4,6,8-10,13-14,16-17,23,25-26H,5,7,11-12,15,18-20H2,1-3H3,(H,34,39)(H,40,41). The normalized spacial score (nSPS) is 21.8. The number of carboxylic acid groups (broad SMARTS) is 1. The summed E-state index contributed by atoms with van der Waals surface area (Å²) in [6.07, 6.45) is 6.94. The predicted octanol–water partition coefficient (Wildman–Crippen LogP) is 4.58. The smallest absolute Gasteiger partial charge is 0.326 e. The summed E-state index contributed by atoms with van der Waals surface area (Å²) in [6, 6.07) is 11.0. The molecule has 2 aromatic carbocycles. The average molecular weight is 602 g/mol. The number of aromatic nitrogens is 2. The third kappa shape index (κ3) is 6.77. The number of amides is 3. The van der Waals surface area contributed by atoms with E-state index >= 15 is 0 Å². The zero-order chi connectivity index (χ0) is 31.2. The van der Waals surface area contributed by atoms with Crippen molar-refractivity contribution >= 4 is 28.8 Å². The molecule has 2 N–H and O–H groups in total. The molecule has 0 radical (unpaired) electrons. The molecule has 3 amide bonds. The van der Waals surface area contributed by atoms with Crippen LogP contribution in [0.15, 0.2) is 54.6 Å². The number of aryl methyl sites for hydroxylation is 1. The molecule has 2 aliphatic heterocycles. The van der Waals surface area contributed by atoms with Gasteiger partial charge in [0.1, 0.15) is 23.9 Å². The Kier molecular flexibility index (Phi) is 9.62. The van der Waals surface area contributed by atoms with E-state index in [4.69, 9.17) is 19.4 Å². The van der Waals surface area contributed by atoms with Gasteiger partial charge in [-0.15, -0.1) is 0 Å². The van der Waals surface area contributed by atoms with Crippen molar-refractivity contribution in [2.45, 2.75) is 63.6 Å². The Morgan fingerprint density at radius 3 is 2.57 bits per heavy atom. The van der Waals surface area contributed by atoms with Crippen LogP contribution in [0.3, 0.4) is 0 Å². The Bertz CT molecular complexity index is 1540. The quantitative estimate of drug-likeness (QED) is 0.406. The van der Waals surface area contributed by atoms with Gasteiger partial charge in [0, 0.05) is 31.1 Å². The zero-order valence-electron chi connectivity index (χ0n) is 25.4. The maximum atomic E-state index is 13.6. The number of allylic oxidation sites excluding steroid dienone is 2. The SMILES string of the molecule is COc1ccc2c(OC3CC4C(=O)NC(C(=O)O)CCC=CCCCCN(C)C(=O)N4C3)nc(-c3ccccc3)nc2c1C. The highest BCUT2D eigenvalue weighted by molar-refractivity contribution is 5.91. The molecule has 232 valence electrons. The molecule has 1 fully saturated rings. The van der Waals surface area contributed by atoms with E-state index in [2.05, 4.69) is 5.32 Å². The van der Waals surface area contributed by atoms with Crippen molar-refractivity contribution < 1.29 is 29.0 Å². The molecule has 0 spiro atoms. The lowest BCUT2D eigenvalue weighted by molar-refractivity contribution is -0.142. The van der Waals surface area contributed by atoms with E-state index in [-0.39, 0.29) is 25.4 Å². The number of ether oxygens (including phenoxy) is 2. The molecule has 3 atom stereocenters. The van der Waals surface area contributed by atoms with Gasteiger partial charge in [-0.05, 0) is 51.2 Å². The summed E-state index contributed by atoms with van der Waals surface area (Å²) < 4.78 is 12.1. The van der Waals surface area contributed by atoms with Crippen LogP contribution in [0.1, 0.15) is 44.1 Å². The summed E-state index contributed by atoms with van der Waals surface area (Å²) in [5.41, 5.74) is 2.32. The number of nitrogens with zero attached hydrogens (tertiary/aromatic N) is 4. The number of carbonyl (C=O) groups excluding carboxylic acids is 2. The number of carboxylic acids is 1. The Hall–Kier alpha value is -4.67. The van der Waals surface area contributed by atoms with Crippen LogP contribution in [-0.4, -0.2) is 88.2 Å². The molecule has 0 saturated carbocycles. The summed E-state index contributed by atoms with van der Waals surface area (Å²) in [4.78, 5) is 51.9. The maximum Gasteiger partial charge on any atom is 0.326 e. The number of rotatable bonds is 5. The number of urea groups is 1. The molecular formula is C33H39N5O6. The van der Waals surface area contributed by atoms with Crippen LogP contribution >= 0.6 is 0 Å². The number of methoxy groups -OCH3 is 1. The van der Waals surface area contributed by atoms with Gasteiger partial charge >= 0.3 is 12.0 Å². The first kappa shape index (κ1) is 30.8. The Morgan fingerprint density at radius 1 is 1.05 bits per heavy atom. The van der Waals surface area contributed by atoms with E-state index in [0.717, 1.165) is 30.4 Å². The molecule has 3 aromatic rings. The number of nitrogens with one attached hydrogen (secondary N) is 1. The number of benzene rings is 2. The van der Waals surface area contributed by atoms with Gasteiger partial charge in [-0.1, -0.05) is 42.5 Å². The van der Waals surface area contributed by atoms with E-state index in [9.17, 15) is 19.5 Å². The second kappa shape index (κ2) is 13.7. The van der Waals surface area contributed by atoms with Crippen molar-refractivity contribution in [3.8, 4) is 23.0 Å². The number of hydrogen-bond donors (Lipinski definition) is 2. The minimum absolute atomic E-state index is 0.141. The molecule has 11 heteroatoms. The number of aliphatic carboxylic acids is 1. The molecular weight excluding hydrogens is 562 g/mol. The molecule has 5 rings (SSSR count). The molecule has 3 heterocycles. The van der Waals surface area contributed by atoms with Crippen molar-refractivity contribution in [2.24, 2.45) is 0 Å². The van der Waals surface area contributed by atoms with Gasteiger partial charge < -0.3 is 29.7 Å². The first-order valence-electron chi connectivity index (χ1n) is 15.0. The number of fused-ring (bicyclic) bond motifs is 2. The molecule has 3 unspecified atom stereocenters. The van der Waals surface area contributed by atoms with E-state index in [1.165, 1.54) is 4.90 Å². The van der Waals surface area contributed by atoms with Gasteiger partial charge in [-0.2, -0.15) is 4.98 Å². The Morgan fingerprint density at radius 2 is 1.82 bits per heavy atom. The van der Waals surface area contributed by atoms with Gasteiger partial charge in [-0.25, -0.2) is 14.6 Å². The summed E-state index contributed by atoms with van der Waals surface area (Å²) >= 11 is 0. The fourth-order valence-electron chi connectivity index (χ4n) is 5.76. The average Bonchev–Trinajstić information content (AvgIpc) is 3.45. The highest BCUT2D eigenvalue weighted by atomic mass is 16.5. The Labute approximate surface area is 256 Å². The first-order chi connectivity index (χ1) is 21.3. The molecule has 1 aromatic heterocycles. The third-order valence-electron chi connectivity index (χ3n) is 8.22. The second-order valence-electron chi connectivity index (χ2n) is 11.3.